The average Bonchev–Trinajstić information content (AvgIpc) is 2.95. The van der Waals surface area contributed by atoms with E-state index in [2.05, 4.69) is 15.6 Å². The number of hydrogen-bond acceptors (Lipinski definition) is 4. The van der Waals surface area contributed by atoms with Crippen molar-refractivity contribution in [2.45, 2.75) is 26.3 Å². The van der Waals surface area contributed by atoms with Crippen LogP contribution in [0.25, 0.3) is 0 Å². The SMILES string of the molecule is CC(CO)C1CCN(C(=O)Nc2cnc3c(c2)CNC3=O)CC1. The van der Waals surface area contributed by atoms with Crippen LogP contribution in [0.1, 0.15) is 35.8 Å². The highest BCUT2D eigenvalue weighted by atomic mass is 16.3. The van der Waals surface area contributed by atoms with Gasteiger partial charge in [0.05, 0.1) is 11.9 Å². The molecular formula is C16H22N4O3. The monoisotopic (exact) mass is 318 g/mol. The number of hydrogen-bond donors (Lipinski definition) is 3. The molecule has 1 atom stereocenters. The molecule has 124 valence electrons. The van der Waals surface area contributed by atoms with Gasteiger partial charge in [0.25, 0.3) is 5.91 Å². The Hall–Kier alpha value is -2.15. The topological polar surface area (TPSA) is 94.6 Å². The smallest absolute Gasteiger partial charge is 0.321 e. The molecule has 0 aromatic carbocycles. The number of likely N-dealkylation sites (tertiary alicyclic amines) is 1. The number of fused-ring (bicyclic) bond motifs is 1. The van der Waals surface area contributed by atoms with E-state index in [9.17, 15) is 14.7 Å². The molecule has 3 N–H and O–H groups in total. The average molecular weight is 318 g/mol. The summed E-state index contributed by atoms with van der Waals surface area (Å²) in [4.78, 5) is 29.7. The molecule has 0 bridgehead atoms. The quantitative estimate of drug-likeness (QED) is 0.780. The van der Waals surface area contributed by atoms with Crippen LogP contribution in [0, 0.1) is 11.8 Å². The largest absolute Gasteiger partial charge is 0.396 e. The molecule has 1 aromatic heterocycles. The molecule has 7 nitrogen and oxygen atoms in total. The van der Waals surface area contributed by atoms with E-state index in [1.165, 1.54) is 6.20 Å². The lowest BCUT2D eigenvalue weighted by Crippen LogP contribution is -2.42. The Balaban J connectivity index is 1.57. The lowest BCUT2D eigenvalue weighted by atomic mass is 9.86. The van der Waals surface area contributed by atoms with Gasteiger partial charge in [-0.05, 0) is 30.7 Å². The van der Waals surface area contributed by atoms with Crippen molar-refractivity contribution in [3.05, 3.63) is 23.5 Å². The normalized spacial score (nSPS) is 19.2. The van der Waals surface area contributed by atoms with E-state index in [1.54, 1.807) is 11.0 Å². The molecule has 1 fully saturated rings. The van der Waals surface area contributed by atoms with Gasteiger partial charge in [0.15, 0.2) is 0 Å². The van der Waals surface area contributed by atoms with Crippen LogP contribution in [0.5, 0.6) is 0 Å². The lowest BCUT2D eigenvalue weighted by Gasteiger charge is -2.34. The van der Waals surface area contributed by atoms with Crippen molar-refractivity contribution in [1.82, 2.24) is 15.2 Å². The molecule has 0 aliphatic carbocycles. The number of aliphatic hydroxyl groups excluding tert-OH is 1. The van der Waals surface area contributed by atoms with E-state index in [4.69, 9.17) is 0 Å². The fraction of sp³-hybridized carbons (Fsp3) is 0.562. The standard InChI is InChI=1S/C16H22N4O3/c1-10(9-21)11-2-4-20(5-3-11)16(23)19-13-6-12-7-18-15(22)14(12)17-8-13/h6,8,10-11,21H,2-5,7,9H2,1H3,(H,18,22)(H,19,23). The zero-order chi connectivity index (χ0) is 16.4. The summed E-state index contributed by atoms with van der Waals surface area (Å²) >= 11 is 0. The number of nitrogens with zero attached hydrogens (tertiary/aromatic N) is 2. The lowest BCUT2D eigenvalue weighted by molar-refractivity contribution is 0.0961. The van der Waals surface area contributed by atoms with Crippen LogP contribution < -0.4 is 10.6 Å². The van der Waals surface area contributed by atoms with Crippen LogP contribution >= 0.6 is 0 Å². The zero-order valence-electron chi connectivity index (χ0n) is 13.2. The van der Waals surface area contributed by atoms with Crippen LogP contribution in [0.15, 0.2) is 12.3 Å². The first kappa shape index (κ1) is 15.7. The third-order valence-electron chi connectivity index (χ3n) is 4.79. The number of pyridine rings is 1. The highest BCUT2D eigenvalue weighted by molar-refractivity contribution is 5.97. The minimum absolute atomic E-state index is 0.140. The second kappa shape index (κ2) is 6.54. The Labute approximate surface area is 135 Å². The molecular weight excluding hydrogens is 296 g/mol. The van der Waals surface area contributed by atoms with Gasteiger partial charge in [-0.3, -0.25) is 4.79 Å². The summed E-state index contributed by atoms with van der Waals surface area (Å²) < 4.78 is 0. The fourth-order valence-electron chi connectivity index (χ4n) is 3.20. The Bertz CT molecular complexity index is 611. The molecule has 1 unspecified atom stereocenters. The van der Waals surface area contributed by atoms with E-state index in [0.717, 1.165) is 18.4 Å². The van der Waals surface area contributed by atoms with Gasteiger partial charge in [-0.1, -0.05) is 6.92 Å². The number of anilines is 1. The third kappa shape index (κ3) is 3.29. The molecule has 1 aromatic rings. The number of amides is 3. The van der Waals surface area contributed by atoms with Crippen molar-refractivity contribution in [3.63, 3.8) is 0 Å². The van der Waals surface area contributed by atoms with Crippen LogP contribution in [0.4, 0.5) is 10.5 Å². The summed E-state index contributed by atoms with van der Waals surface area (Å²) in [6.45, 7) is 4.09. The minimum atomic E-state index is -0.169. The summed E-state index contributed by atoms with van der Waals surface area (Å²) in [6, 6.07) is 1.65. The third-order valence-corrected chi connectivity index (χ3v) is 4.79. The maximum absolute atomic E-state index is 12.3. The summed E-state index contributed by atoms with van der Waals surface area (Å²) in [7, 11) is 0. The summed E-state index contributed by atoms with van der Waals surface area (Å²) in [6.07, 6.45) is 3.34. The van der Waals surface area contributed by atoms with Crippen molar-refractivity contribution in [2.24, 2.45) is 11.8 Å². The van der Waals surface area contributed by atoms with E-state index in [1.807, 2.05) is 6.92 Å². The number of aliphatic hydroxyl groups is 1. The van der Waals surface area contributed by atoms with Crippen LogP contribution in [0.2, 0.25) is 0 Å². The van der Waals surface area contributed by atoms with E-state index in [0.29, 0.717) is 36.9 Å². The van der Waals surface area contributed by atoms with Crippen molar-refractivity contribution < 1.29 is 14.7 Å². The Morgan fingerprint density at radius 2 is 2.26 bits per heavy atom. The molecule has 3 rings (SSSR count). The van der Waals surface area contributed by atoms with Gasteiger partial charge >= 0.3 is 6.03 Å². The van der Waals surface area contributed by atoms with Gasteiger partial charge < -0.3 is 20.6 Å². The Morgan fingerprint density at radius 1 is 1.52 bits per heavy atom. The molecule has 2 aliphatic heterocycles. The van der Waals surface area contributed by atoms with E-state index < -0.39 is 0 Å². The molecule has 1 saturated heterocycles. The van der Waals surface area contributed by atoms with Gasteiger partial charge in [0.1, 0.15) is 5.69 Å². The predicted octanol–water partition coefficient (Wildman–Crippen LogP) is 1.20. The number of urea groups is 1. The number of nitrogens with one attached hydrogen (secondary N) is 2. The summed E-state index contributed by atoms with van der Waals surface area (Å²) in [5.41, 5.74) is 1.85. The second-order valence-corrected chi connectivity index (χ2v) is 6.33. The number of aromatic nitrogens is 1. The second-order valence-electron chi connectivity index (χ2n) is 6.33. The van der Waals surface area contributed by atoms with Gasteiger partial charge in [0, 0.05) is 31.8 Å². The summed E-state index contributed by atoms with van der Waals surface area (Å²) in [5, 5.41) is 14.8. The van der Waals surface area contributed by atoms with E-state index >= 15 is 0 Å². The first-order chi connectivity index (χ1) is 11.1. The van der Waals surface area contributed by atoms with E-state index in [-0.39, 0.29) is 24.5 Å². The molecule has 23 heavy (non-hydrogen) atoms. The molecule has 3 heterocycles. The Morgan fingerprint density at radius 3 is 2.96 bits per heavy atom. The predicted molar refractivity (Wildman–Crippen MR) is 85.0 cm³/mol. The molecule has 3 amide bonds. The van der Waals surface area contributed by atoms with Crippen molar-refractivity contribution in [2.75, 3.05) is 25.0 Å². The first-order valence-electron chi connectivity index (χ1n) is 8.02. The maximum atomic E-state index is 12.3. The Kier molecular flexibility index (Phi) is 4.47. The molecule has 2 aliphatic rings. The highest BCUT2D eigenvalue weighted by Crippen LogP contribution is 2.25. The van der Waals surface area contributed by atoms with Crippen LogP contribution in [0.3, 0.4) is 0 Å². The molecule has 0 saturated carbocycles. The van der Waals surface area contributed by atoms with Gasteiger partial charge in [-0.2, -0.15) is 0 Å². The van der Waals surface area contributed by atoms with Crippen molar-refractivity contribution in [1.29, 1.82) is 0 Å². The number of rotatable bonds is 3. The van der Waals surface area contributed by atoms with Crippen molar-refractivity contribution in [3.8, 4) is 0 Å². The van der Waals surface area contributed by atoms with Crippen LogP contribution in [-0.4, -0.2) is 46.6 Å². The highest BCUT2D eigenvalue weighted by Gasteiger charge is 2.26. The maximum Gasteiger partial charge on any atom is 0.321 e. The minimum Gasteiger partial charge on any atom is -0.396 e. The molecule has 7 heteroatoms. The van der Waals surface area contributed by atoms with Crippen molar-refractivity contribution >= 4 is 17.6 Å². The number of carbonyl (C=O) groups is 2. The van der Waals surface area contributed by atoms with Gasteiger partial charge in [0.2, 0.25) is 0 Å². The molecule has 0 radical (unpaired) electrons. The van der Waals surface area contributed by atoms with Gasteiger partial charge in [-0.25, -0.2) is 9.78 Å². The fourth-order valence-corrected chi connectivity index (χ4v) is 3.20. The molecule has 0 spiro atoms. The number of piperidine rings is 1. The summed E-state index contributed by atoms with van der Waals surface area (Å²) in [5.74, 6) is 0.590. The first-order valence-corrected chi connectivity index (χ1v) is 8.02. The van der Waals surface area contributed by atoms with Gasteiger partial charge in [-0.15, -0.1) is 0 Å². The zero-order valence-corrected chi connectivity index (χ0v) is 13.2. The number of carbonyl (C=O) groups excluding carboxylic acids is 2. The van der Waals surface area contributed by atoms with Crippen LogP contribution in [-0.2, 0) is 6.54 Å².